The van der Waals surface area contributed by atoms with Crippen molar-refractivity contribution in [2.45, 2.75) is 38.6 Å². The summed E-state index contributed by atoms with van der Waals surface area (Å²) in [6.07, 6.45) is 4.64. The highest BCUT2D eigenvalue weighted by atomic mass is 79.9. The third-order valence-corrected chi connectivity index (χ3v) is 3.81. The minimum Gasteiger partial charge on any atom is -0.494 e. The van der Waals surface area contributed by atoms with Gasteiger partial charge in [-0.3, -0.25) is 0 Å². The summed E-state index contributed by atoms with van der Waals surface area (Å²) in [5.74, 6) is 0.922. The summed E-state index contributed by atoms with van der Waals surface area (Å²) in [6.45, 7) is 2.69. The van der Waals surface area contributed by atoms with E-state index in [1.165, 1.54) is 24.0 Å². The molecule has 0 spiro atoms. The molecule has 0 saturated carbocycles. The fourth-order valence-electron chi connectivity index (χ4n) is 2.30. The van der Waals surface area contributed by atoms with Crippen molar-refractivity contribution in [3.05, 3.63) is 27.7 Å². The SMILES string of the molecule is CCOc1cc(Br)c2c(c1)[C@H](N)CCCC2. The van der Waals surface area contributed by atoms with Crippen molar-refractivity contribution in [3.63, 3.8) is 0 Å². The van der Waals surface area contributed by atoms with Crippen LogP contribution in [0.25, 0.3) is 0 Å². The maximum absolute atomic E-state index is 6.20. The van der Waals surface area contributed by atoms with Crippen LogP contribution in [0.3, 0.4) is 0 Å². The van der Waals surface area contributed by atoms with E-state index in [1.807, 2.05) is 6.92 Å². The van der Waals surface area contributed by atoms with Gasteiger partial charge in [0.05, 0.1) is 6.61 Å². The maximum atomic E-state index is 6.20. The zero-order chi connectivity index (χ0) is 11.5. The van der Waals surface area contributed by atoms with Crippen LogP contribution < -0.4 is 10.5 Å². The molecule has 0 aliphatic heterocycles. The Morgan fingerprint density at radius 2 is 2.25 bits per heavy atom. The zero-order valence-electron chi connectivity index (χ0n) is 9.63. The van der Waals surface area contributed by atoms with Crippen LogP contribution in [0, 0.1) is 0 Å². The van der Waals surface area contributed by atoms with Gasteiger partial charge >= 0.3 is 0 Å². The number of benzene rings is 1. The van der Waals surface area contributed by atoms with Crippen molar-refractivity contribution in [3.8, 4) is 5.75 Å². The topological polar surface area (TPSA) is 35.2 Å². The first-order chi connectivity index (χ1) is 7.72. The molecule has 0 radical (unpaired) electrons. The largest absolute Gasteiger partial charge is 0.494 e. The van der Waals surface area contributed by atoms with Crippen molar-refractivity contribution in [1.82, 2.24) is 0 Å². The molecule has 0 unspecified atom stereocenters. The Labute approximate surface area is 105 Å². The molecule has 0 heterocycles. The van der Waals surface area contributed by atoms with Crippen molar-refractivity contribution in [2.75, 3.05) is 6.61 Å². The molecule has 1 aliphatic rings. The molecular formula is C13H18BrNO. The lowest BCUT2D eigenvalue weighted by atomic mass is 9.99. The van der Waals surface area contributed by atoms with Gasteiger partial charge < -0.3 is 10.5 Å². The van der Waals surface area contributed by atoms with Crippen LogP contribution in [-0.4, -0.2) is 6.61 Å². The summed E-state index contributed by atoms with van der Waals surface area (Å²) >= 11 is 3.63. The predicted molar refractivity (Wildman–Crippen MR) is 69.8 cm³/mol. The molecule has 1 atom stereocenters. The molecule has 3 heteroatoms. The lowest BCUT2D eigenvalue weighted by molar-refractivity contribution is 0.339. The molecule has 0 fully saturated rings. The fraction of sp³-hybridized carbons (Fsp3) is 0.538. The highest BCUT2D eigenvalue weighted by Gasteiger charge is 2.18. The molecule has 1 aromatic carbocycles. The molecule has 0 bridgehead atoms. The van der Waals surface area contributed by atoms with Crippen molar-refractivity contribution in [2.24, 2.45) is 5.73 Å². The zero-order valence-corrected chi connectivity index (χ0v) is 11.2. The molecular weight excluding hydrogens is 266 g/mol. The Bertz CT molecular complexity index is 378. The first-order valence-corrected chi connectivity index (χ1v) is 6.72. The van der Waals surface area contributed by atoms with Crippen LogP contribution in [0.5, 0.6) is 5.75 Å². The van der Waals surface area contributed by atoms with E-state index in [0.717, 1.165) is 23.1 Å². The minimum atomic E-state index is 0.161. The monoisotopic (exact) mass is 283 g/mol. The second kappa shape index (κ2) is 5.19. The van der Waals surface area contributed by atoms with Crippen molar-refractivity contribution < 1.29 is 4.74 Å². The Kier molecular flexibility index (Phi) is 3.87. The Morgan fingerprint density at radius 3 is 3.00 bits per heavy atom. The lowest BCUT2D eigenvalue weighted by Crippen LogP contribution is -2.11. The minimum absolute atomic E-state index is 0.161. The maximum Gasteiger partial charge on any atom is 0.120 e. The Morgan fingerprint density at radius 1 is 1.44 bits per heavy atom. The lowest BCUT2D eigenvalue weighted by Gasteiger charge is -2.16. The number of hydrogen-bond acceptors (Lipinski definition) is 2. The highest BCUT2D eigenvalue weighted by molar-refractivity contribution is 9.10. The third kappa shape index (κ3) is 2.41. The average molecular weight is 284 g/mol. The van der Waals surface area contributed by atoms with Gasteiger partial charge in [0.1, 0.15) is 5.75 Å². The van der Waals surface area contributed by atoms with Crippen LogP contribution in [0.4, 0.5) is 0 Å². The summed E-state index contributed by atoms with van der Waals surface area (Å²) < 4.78 is 6.70. The second-order valence-corrected chi connectivity index (χ2v) is 5.11. The van der Waals surface area contributed by atoms with Crippen LogP contribution >= 0.6 is 15.9 Å². The van der Waals surface area contributed by atoms with Crippen LogP contribution in [0.15, 0.2) is 16.6 Å². The number of rotatable bonds is 2. The molecule has 2 nitrogen and oxygen atoms in total. The van der Waals surface area contributed by atoms with E-state index in [9.17, 15) is 0 Å². The number of nitrogens with two attached hydrogens (primary N) is 1. The summed E-state index contributed by atoms with van der Waals surface area (Å²) in [6, 6.07) is 4.33. The summed E-state index contributed by atoms with van der Waals surface area (Å²) in [5.41, 5.74) is 8.83. The van der Waals surface area contributed by atoms with Gasteiger partial charge in [0.15, 0.2) is 0 Å². The standard InChI is InChI=1S/C13H18BrNO/c1-2-16-9-7-11-10(12(14)8-9)5-3-4-6-13(11)15/h7-8,13H,2-6,15H2,1H3/t13-/m1/s1. The normalized spacial score (nSPS) is 20.1. The number of halogens is 1. The van der Waals surface area contributed by atoms with Crippen LogP contribution in [0.2, 0.25) is 0 Å². The molecule has 88 valence electrons. The van der Waals surface area contributed by atoms with Gasteiger partial charge in [-0.15, -0.1) is 0 Å². The van der Waals surface area contributed by atoms with Gasteiger partial charge in [-0.25, -0.2) is 0 Å². The van der Waals surface area contributed by atoms with E-state index in [-0.39, 0.29) is 6.04 Å². The summed E-state index contributed by atoms with van der Waals surface area (Å²) in [5, 5.41) is 0. The van der Waals surface area contributed by atoms with Gasteiger partial charge in [-0.1, -0.05) is 22.4 Å². The molecule has 16 heavy (non-hydrogen) atoms. The first-order valence-electron chi connectivity index (χ1n) is 5.93. The molecule has 0 saturated heterocycles. The van der Waals surface area contributed by atoms with E-state index in [2.05, 4.69) is 28.1 Å². The molecule has 0 amide bonds. The summed E-state index contributed by atoms with van der Waals surface area (Å²) in [7, 11) is 0. The molecule has 2 rings (SSSR count). The van der Waals surface area contributed by atoms with E-state index < -0.39 is 0 Å². The van der Waals surface area contributed by atoms with E-state index >= 15 is 0 Å². The fourth-order valence-corrected chi connectivity index (χ4v) is 2.95. The molecule has 2 N–H and O–H groups in total. The highest BCUT2D eigenvalue weighted by Crippen LogP contribution is 2.35. The van der Waals surface area contributed by atoms with E-state index in [0.29, 0.717) is 6.61 Å². The first kappa shape index (κ1) is 11.9. The van der Waals surface area contributed by atoms with E-state index in [1.54, 1.807) is 0 Å². The number of fused-ring (bicyclic) bond motifs is 1. The van der Waals surface area contributed by atoms with Crippen molar-refractivity contribution >= 4 is 15.9 Å². The van der Waals surface area contributed by atoms with Gasteiger partial charge in [0.25, 0.3) is 0 Å². The molecule has 0 aromatic heterocycles. The smallest absolute Gasteiger partial charge is 0.120 e. The van der Waals surface area contributed by atoms with Crippen molar-refractivity contribution in [1.29, 1.82) is 0 Å². The third-order valence-electron chi connectivity index (χ3n) is 3.11. The molecule has 1 aromatic rings. The van der Waals surface area contributed by atoms with Gasteiger partial charge in [0, 0.05) is 10.5 Å². The van der Waals surface area contributed by atoms with Gasteiger partial charge in [-0.05, 0) is 49.4 Å². The number of ether oxygens (including phenoxy) is 1. The van der Waals surface area contributed by atoms with Gasteiger partial charge in [-0.2, -0.15) is 0 Å². The van der Waals surface area contributed by atoms with Crippen LogP contribution in [-0.2, 0) is 6.42 Å². The van der Waals surface area contributed by atoms with E-state index in [4.69, 9.17) is 10.5 Å². The summed E-state index contributed by atoms with van der Waals surface area (Å²) in [4.78, 5) is 0. The quantitative estimate of drug-likeness (QED) is 0.842. The Balaban J connectivity index is 2.42. The second-order valence-electron chi connectivity index (χ2n) is 4.26. The number of hydrogen-bond donors (Lipinski definition) is 1. The average Bonchev–Trinajstić information content (AvgIpc) is 2.43. The predicted octanol–water partition coefficient (Wildman–Crippen LogP) is 3.57. The molecule has 1 aliphatic carbocycles. The van der Waals surface area contributed by atoms with Crippen LogP contribution in [0.1, 0.15) is 43.4 Å². The Hall–Kier alpha value is -0.540. The van der Waals surface area contributed by atoms with Gasteiger partial charge in [0.2, 0.25) is 0 Å².